The van der Waals surface area contributed by atoms with Crippen LogP contribution in [-0.2, 0) is 0 Å². The van der Waals surface area contributed by atoms with Gasteiger partial charge < -0.3 is 15.1 Å². The van der Waals surface area contributed by atoms with Gasteiger partial charge in [0.05, 0.1) is 17.1 Å². The molecule has 0 radical (unpaired) electrons. The van der Waals surface area contributed by atoms with Crippen molar-refractivity contribution in [2.24, 2.45) is 4.99 Å². The molecule has 35 heavy (non-hydrogen) atoms. The lowest BCUT2D eigenvalue weighted by Crippen LogP contribution is -2.47. The number of hydrogen-bond acceptors (Lipinski definition) is 5. The van der Waals surface area contributed by atoms with Crippen molar-refractivity contribution in [3.63, 3.8) is 0 Å². The second-order valence-corrected chi connectivity index (χ2v) is 9.34. The standard InChI is InChI=1S/C30H29N5/c1-21-8-7-10-23(29(21)27-12-5-6-15-31-27)22-13-14-26-28(20-22)33-30(35-18-16-34(2)17-19-35)24-9-3-4-11-25(24)32-26/h3-15,20,32H,16-19H2,1-2H3. The van der Waals surface area contributed by atoms with Crippen LogP contribution in [0.4, 0.5) is 17.1 Å². The Bertz CT molecular complexity index is 1400. The number of anilines is 2. The third-order valence-electron chi connectivity index (χ3n) is 6.97. The summed E-state index contributed by atoms with van der Waals surface area (Å²) in [6.45, 7) is 6.18. The molecule has 6 rings (SSSR count). The molecule has 0 aliphatic carbocycles. The van der Waals surface area contributed by atoms with E-state index < -0.39 is 0 Å². The van der Waals surface area contributed by atoms with Crippen molar-refractivity contribution in [1.82, 2.24) is 14.8 Å². The van der Waals surface area contributed by atoms with Crippen molar-refractivity contribution in [3.05, 3.63) is 96.2 Å². The van der Waals surface area contributed by atoms with Crippen LogP contribution in [0.1, 0.15) is 11.1 Å². The monoisotopic (exact) mass is 459 g/mol. The number of piperazine rings is 1. The zero-order valence-corrected chi connectivity index (χ0v) is 20.2. The Morgan fingerprint density at radius 3 is 2.40 bits per heavy atom. The lowest BCUT2D eigenvalue weighted by atomic mass is 9.93. The number of fused-ring (bicyclic) bond motifs is 2. The molecule has 0 unspecified atom stereocenters. The minimum atomic E-state index is 0.959. The summed E-state index contributed by atoms with van der Waals surface area (Å²) in [5, 5.41) is 3.65. The van der Waals surface area contributed by atoms with Crippen LogP contribution in [0.3, 0.4) is 0 Å². The van der Waals surface area contributed by atoms with Crippen LogP contribution in [0, 0.1) is 6.92 Å². The van der Waals surface area contributed by atoms with E-state index >= 15 is 0 Å². The Balaban J connectivity index is 1.49. The van der Waals surface area contributed by atoms with Gasteiger partial charge in [-0.15, -0.1) is 0 Å². The maximum absolute atomic E-state index is 5.29. The SMILES string of the molecule is Cc1cccc(-c2ccc3c(c2)N=C(N2CCN(C)CC2)c2ccccc2N3)c1-c1ccccn1. The van der Waals surface area contributed by atoms with E-state index in [9.17, 15) is 0 Å². The van der Waals surface area contributed by atoms with Crippen molar-refractivity contribution in [1.29, 1.82) is 0 Å². The smallest absolute Gasteiger partial charge is 0.138 e. The number of aryl methyl sites for hydroxylation is 1. The molecule has 0 atom stereocenters. The summed E-state index contributed by atoms with van der Waals surface area (Å²) in [6.07, 6.45) is 1.86. The summed E-state index contributed by atoms with van der Waals surface area (Å²) in [7, 11) is 2.18. The van der Waals surface area contributed by atoms with Gasteiger partial charge in [0, 0.05) is 49.2 Å². The van der Waals surface area contributed by atoms with E-state index in [1.165, 1.54) is 16.7 Å². The molecule has 1 saturated heterocycles. The molecule has 4 aromatic rings. The van der Waals surface area contributed by atoms with Gasteiger partial charge in [0.25, 0.3) is 0 Å². The Labute approximate surface area is 206 Å². The van der Waals surface area contributed by atoms with E-state index in [1.807, 2.05) is 18.3 Å². The number of amidine groups is 1. The fourth-order valence-corrected chi connectivity index (χ4v) is 5.02. The number of aromatic nitrogens is 1. The molecule has 0 amide bonds. The first-order chi connectivity index (χ1) is 17.2. The largest absolute Gasteiger partial charge is 0.353 e. The van der Waals surface area contributed by atoms with Crippen molar-refractivity contribution in [2.75, 3.05) is 38.5 Å². The van der Waals surface area contributed by atoms with Gasteiger partial charge in [-0.25, -0.2) is 4.99 Å². The third kappa shape index (κ3) is 4.08. The van der Waals surface area contributed by atoms with Gasteiger partial charge in [0.2, 0.25) is 0 Å². The second-order valence-electron chi connectivity index (χ2n) is 9.34. The molecule has 1 aromatic heterocycles. The zero-order valence-electron chi connectivity index (χ0n) is 20.2. The number of nitrogens with one attached hydrogen (secondary N) is 1. The normalized spacial score (nSPS) is 15.5. The molecule has 0 spiro atoms. The topological polar surface area (TPSA) is 43.8 Å². The highest BCUT2D eigenvalue weighted by Gasteiger charge is 2.24. The summed E-state index contributed by atoms with van der Waals surface area (Å²) in [4.78, 5) is 14.7. The first-order valence-electron chi connectivity index (χ1n) is 12.2. The Morgan fingerprint density at radius 1 is 0.771 bits per heavy atom. The van der Waals surface area contributed by atoms with E-state index in [4.69, 9.17) is 4.99 Å². The minimum Gasteiger partial charge on any atom is -0.353 e. The van der Waals surface area contributed by atoms with Crippen molar-refractivity contribution in [2.45, 2.75) is 6.92 Å². The molecule has 2 aliphatic rings. The average Bonchev–Trinajstić information content (AvgIpc) is 3.06. The van der Waals surface area contributed by atoms with Crippen LogP contribution in [0.25, 0.3) is 22.4 Å². The van der Waals surface area contributed by atoms with Crippen LogP contribution < -0.4 is 5.32 Å². The highest BCUT2D eigenvalue weighted by Crippen LogP contribution is 2.40. The van der Waals surface area contributed by atoms with Crippen LogP contribution in [0.15, 0.2) is 90.1 Å². The molecule has 0 saturated carbocycles. The average molecular weight is 460 g/mol. The van der Waals surface area contributed by atoms with Crippen molar-refractivity contribution >= 4 is 22.9 Å². The number of pyridine rings is 1. The number of para-hydroxylation sites is 1. The molecule has 5 heteroatoms. The van der Waals surface area contributed by atoms with Crippen molar-refractivity contribution in [3.8, 4) is 22.4 Å². The first kappa shape index (κ1) is 21.6. The van der Waals surface area contributed by atoms with Crippen LogP contribution in [0.5, 0.6) is 0 Å². The number of likely N-dealkylation sites (N-methyl/N-ethyl adjacent to an activating group) is 1. The van der Waals surface area contributed by atoms with E-state index in [0.29, 0.717) is 0 Å². The Hall–Kier alpha value is -3.96. The van der Waals surface area contributed by atoms with Gasteiger partial charge in [0.1, 0.15) is 5.84 Å². The summed E-state index contributed by atoms with van der Waals surface area (Å²) in [6, 6.07) is 27.6. The number of nitrogens with zero attached hydrogens (tertiary/aromatic N) is 4. The summed E-state index contributed by atoms with van der Waals surface area (Å²) in [5.41, 5.74) is 9.92. The summed E-state index contributed by atoms with van der Waals surface area (Å²) in [5.74, 6) is 1.05. The van der Waals surface area contributed by atoms with E-state index in [-0.39, 0.29) is 0 Å². The van der Waals surface area contributed by atoms with E-state index in [1.54, 1.807) is 0 Å². The van der Waals surface area contributed by atoms with E-state index in [2.05, 4.69) is 101 Å². The fraction of sp³-hybridized carbons (Fsp3) is 0.200. The molecule has 5 nitrogen and oxygen atoms in total. The molecule has 3 heterocycles. The number of aliphatic imine (C=N–C) groups is 1. The van der Waals surface area contributed by atoms with Crippen LogP contribution in [-0.4, -0.2) is 53.8 Å². The maximum Gasteiger partial charge on any atom is 0.138 e. The quantitative estimate of drug-likeness (QED) is 0.393. The predicted octanol–water partition coefficient (Wildman–Crippen LogP) is 6.11. The summed E-state index contributed by atoms with van der Waals surface area (Å²) < 4.78 is 0. The molecule has 3 aromatic carbocycles. The maximum atomic E-state index is 5.29. The number of benzene rings is 3. The second kappa shape index (κ2) is 9.01. The van der Waals surface area contributed by atoms with Gasteiger partial charge in [-0.3, -0.25) is 4.98 Å². The van der Waals surface area contributed by atoms with Crippen LogP contribution >= 0.6 is 0 Å². The van der Waals surface area contributed by atoms with Crippen LogP contribution in [0.2, 0.25) is 0 Å². The first-order valence-corrected chi connectivity index (χ1v) is 12.2. The summed E-state index contributed by atoms with van der Waals surface area (Å²) >= 11 is 0. The van der Waals surface area contributed by atoms with Gasteiger partial charge >= 0.3 is 0 Å². The molecule has 0 bridgehead atoms. The van der Waals surface area contributed by atoms with Gasteiger partial charge in [-0.1, -0.05) is 42.5 Å². The highest BCUT2D eigenvalue weighted by atomic mass is 15.3. The minimum absolute atomic E-state index is 0.959. The Morgan fingerprint density at radius 2 is 1.57 bits per heavy atom. The third-order valence-corrected chi connectivity index (χ3v) is 6.97. The molecule has 2 aliphatic heterocycles. The molecular weight excluding hydrogens is 430 g/mol. The molecule has 1 fully saturated rings. The van der Waals surface area contributed by atoms with Gasteiger partial charge in [0.15, 0.2) is 0 Å². The fourth-order valence-electron chi connectivity index (χ4n) is 5.02. The Kier molecular flexibility index (Phi) is 5.55. The van der Waals surface area contributed by atoms with Gasteiger partial charge in [-0.05, 0) is 67.1 Å². The zero-order chi connectivity index (χ0) is 23.8. The molecular formula is C30H29N5. The van der Waals surface area contributed by atoms with E-state index in [0.717, 1.165) is 65.9 Å². The molecule has 1 N–H and O–H groups in total. The lowest BCUT2D eigenvalue weighted by molar-refractivity contribution is 0.216. The highest BCUT2D eigenvalue weighted by molar-refractivity contribution is 6.08. The lowest BCUT2D eigenvalue weighted by Gasteiger charge is -2.34. The van der Waals surface area contributed by atoms with Crippen molar-refractivity contribution < 1.29 is 0 Å². The number of hydrogen-bond donors (Lipinski definition) is 1. The molecule has 174 valence electrons. The predicted molar refractivity (Wildman–Crippen MR) is 145 cm³/mol. The number of rotatable bonds is 2. The van der Waals surface area contributed by atoms with Gasteiger partial charge in [-0.2, -0.15) is 0 Å².